The van der Waals surface area contributed by atoms with Crippen LogP contribution in [0.5, 0.6) is 0 Å². The van der Waals surface area contributed by atoms with Gasteiger partial charge < -0.3 is 10.2 Å². The summed E-state index contributed by atoms with van der Waals surface area (Å²) in [5.74, 6) is 0.518. The molecule has 3 aromatic rings. The van der Waals surface area contributed by atoms with E-state index in [1.165, 1.54) is 0 Å². The Hall–Kier alpha value is -3.78. The van der Waals surface area contributed by atoms with Gasteiger partial charge in [0.15, 0.2) is 15.7 Å². The molecule has 2 atom stereocenters. The van der Waals surface area contributed by atoms with E-state index in [4.69, 9.17) is 5.10 Å². The van der Waals surface area contributed by atoms with Crippen molar-refractivity contribution in [2.24, 2.45) is 5.92 Å². The second-order valence-corrected chi connectivity index (χ2v) is 13.1. The zero-order chi connectivity index (χ0) is 27.0. The Labute approximate surface area is 228 Å². The summed E-state index contributed by atoms with van der Waals surface area (Å²) in [6.07, 6.45) is 8.53. The lowest BCUT2D eigenvalue weighted by molar-refractivity contribution is -0.127. The van der Waals surface area contributed by atoms with Crippen molar-refractivity contribution < 1.29 is 13.2 Å². The van der Waals surface area contributed by atoms with Gasteiger partial charge in [-0.1, -0.05) is 25.0 Å². The van der Waals surface area contributed by atoms with Crippen LogP contribution in [0.3, 0.4) is 0 Å². The summed E-state index contributed by atoms with van der Waals surface area (Å²) < 4.78 is 25.4. The molecule has 10 nitrogen and oxygen atoms in total. The van der Waals surface area contributed by atoms with Crippen molar-refractivity contribution in [2.45, 2.75) is 50.0 Å². The Balaban J connectivity index is 1.34. The molecule has 6 rings (SSSR count). The molecular weight excluding hydrogens is 514 g/mol. The maximum atomic E-state index is 13.4. The van der Waals surface area contributed by atoms with E-state index in [1.54, 1.807) is 10.9 Å². The number of rotatable bonds is 6. The van der Waals surface area contributed by atoms with E-state index < -0.39 is 15.4 Å². The molecule has 1 saturated heterocycles. The Kier molecular flexibility index (Phi) is 6.59. The summed E-state index contributed by atoms with van der Waals surface area (Å²) in [5, 5.41) is 25.8. The number of amides is 1. The van der Waals surface area contributed by atoms with Crippen LogP contribution in [-0.4, -0.2) is 64.4 Å². The number of hydrogen-bond donors (Lipinski definition) is 1. The topological polar surface area (TPSA) is 134 Å². The minimum absolute atomic E-state index is 0.0610. The number of benzene rings is 1. The van der Waals surface area contributed by atoms with Crippen LogP contribution < -0.4 is 10.2 Å². The molecule has 1 amide bonds. The summed E-state index contributed by atoms with van der Waals surface area (Å²) in [6, 6.07) is 14.0. The highest BCUT2D eigenvalue weighted by atomic mass is 32.2. The van der Waals surface area contributed by atoms with E-state index in [-0.39, 0.29) is 29.2 Å². The maximum absolute atomic E-state index is 13.4. The Morgan fingerprint density at radius 2 is 1.82 bits per heavy atom. The number of sulfone groups is 1. The van der Waals surface area contributed by atoms with Gasteiger partial charge >= 0.3 is 0 Å². The van der Waals surface area contributed by atoms with Crippen LogP contribution in [0, 0.1) is 17.2 Å². The summed E-state index contributed by atoms with van der Waals surface area (Å²) in [4.78, 5) is 15.5. The van der Waals surface area contributed by atoms with Gasteiger partial charge in [0.05, 0.1) is 23.3 Å². The minimum Gasteiger partial charge on any atom is -0.369 e. The van der Waals surface area contributed by atoms with Gasteiger partial charge in [-0.25, -0.2) is 13.1 Å². The van der Waals surface area contributed by atoms with Gasteiger partial charge in [0, 0.05) is 48.6 Å². The van der Waals surface area contributed by atoms with E-state index in [0.29, 0.717) is 31.7 Å². The fraction of sp³-hybridized carbons (Fsp3) is 0.464. The molecule has 0 spiro atoms. The fourth-order valence-corrected chi connectivity index (χ4v) is 6.93. The van der Waals surface area contributed by atoms with Gasteiger partial charge in [0.25, 0.3) is 0 Å². The normalized spacial score (nSPS) is 23.5. The second kappa shape index (κ2) is 10.1. The van der Waals surface area contributed by atoms with Crippen molar-refractivity contribution in [1.82, 2.24) is 25.3 Å². The lowest BCUT2D eigenvalue weighted by atomic mass is 9.75. The monoisotopic (exact) mass is 545 g/mol. The molecule has 1 aromatic carbocycles. The molecular formula is C28H31N7O3S. The van der Waals surface area contributed by atoms with Crippen LogP contribution in [0.1, 0.15) is 50.1 Å². The van der Waals surface area contributed by atoms with E-state index >= 15 is 0 Å². The van der Waals surface area contributed by atoms with E-state index in [9.17, 15) is 18.5 Å². The third-order valence-corrected chi connectivity index (χ3v) is 9.81. The van der Waals surface area contributed by atoms with E-state index in [2.05, 4.69) is 26.5 Å². The smallest absolute Gasteiger partial charge is 0.225 e. The average Bonchev–Trinajstić information content (AvgIpc) is 3.60. The lowest BCUT2D eigenvalue weighted by Gasteiger charge is -2.31. The number of carbonyl (C=O) groups excluding carboxylic acids is 1. The Morgan fingerprint density at radius 3 is 2.49 bits per heavy atom. The molecule has 0 bridgehead atoms. The number of aromatic nitrogens is 4. The van der Waals surface area contributed by atoms with Gasteiger partial charge in [-0.2, -0.15) is 15.5 Å². The quantitative estimate of drug-likeness (QED) is 0.500. The molecule has 0 unspecified atom stereocenters. The molecule has 3 heterocycles. The largest absolute Gasteiger partial charge is 0.369 e. The molecule has 11 heteroatoms. The number of carbonyl (C=O) groups is 1. The number of nitriles is 1. The highest BCUT2D eigenvalue weighted by molar-refractivity contribution is 7.91. The first kappa shape index (κ1) is 25.5. The van der Waals surface area contributed by atoms with Crippen molar-refractivity contribution in [2.75, 3.05) is 29.5 Å². The maximum Gasteiger partial charge on any atom is 0.225 e. The summed E-state index contributed by atoms with van der Waals surface area (Å²) in [6.45, 7) is 0.973. The van der Waals surface area contributed by atoms with Gasteiger partial charge in [-0.15, -0.1) is 5.10 Å². The van der Waals surface area contributed by atoms with Crippen LogP contribution in [0.25, 0.3) is 16.9 Å². The fourth-order valence-electron chi connectivity index (χ4n) is 5.73. The number of hydrogen-bond acceptors (Lipinski definition) is 8. The molecule has 1 N–H and O–H groups in total. The van der Waals surface area contributed by atoms with Gasteiger partial charge in [0.2, 0.25) is 5.91 Å². The van der Waals surface area contributed by atoms with Crippen molar-refractivity contribution in [3.05, 3.63) is 54.5 Å². The third-order valence-electron chi connectivity index (χ3n) is 8.20. The van der Waals surface area contributed by atoms with Crippen LogP contribution >= 0.6 is 0 Å². The van der Waals surface area contributed by atoms with Crippen LogP contribution in [0.4, 0.5) is 5.69 Å². The number of nitrogens with one attached hydrogen (secondary N) is 1. The van der Waals surface area contributed by atoms with Crippen molar-refractivity contribution in [1.29, 1.82) is 5.26 Å². The highest BCUT2D eigenvalue weighted by Crippen LogP contribution is 2.43. The summed E-state index contributed by atoms with van der Waals surface area (Å²) in [5.41, 5.74) is 3.02. The predicted molar refractivity (Wildman–Crippen MR) is 146 cm³/mol. The van der Waals surface area contributed by atoms with E-state index in [1.807, 2.05) is 42.6 Å². The first-order valence-electron chi connectivity index (χ1n) is 13.5. The van der Waals surface area contributed by atoms with Crippen LogP contribution in [-0.2, 0) is 14.6 Å². The summed E-state index contributed by atoms with van der Waals surface area (Å²) in [7, 11) is -2.95. The molecule has 2 aliphatic carbocycles. The standard InChI is InChI=1S/C28H31N7O3S/c29-19-28(11-12-28)31-27(36)23-5-2-1-4-22(23)26-24(18-35(33-26)25-6-3-13-30-32-25)20-7-9-21(10-8-20)34-14-16-39(37,38)17-15-34/h3,6-10,13,18,22-23H,1-2,4-5,11-12,14-17H2,(H,31,36)/t22-,23-/m1/s1. The molecule has 2 saturated carbocycles. The number of nitrogens with zero attached hydrogens (tertiary/aromatic N) is 6. The third kappa shape index (κ3) is 5.26. The van der Waals surface area contributed by atoms with Crippen molar-refractivity contribution >= 4 is 21.4 Å². The van der Waals surface area contributed by atoms with Crippen LogP contribution in [0.15, 0.2) is 48.8 Å². The van der Waals surface area contributed by atoms with Crippen LogP contribution in [0.2, 0.25) is 0 Å². The Bertz CT molecular complexity index is 1490. The Morgan fingerprint density at radius 1 is 1.08 bits per heavy atom. The van der Waals surface area contributed by atoms with Gasteiger partial charge in [-0.05, 0) is 55.5 Å². The SMILES string of the molecule is N#CC1(NC(=O)[C@@H]2CCCC[C@H]2c2nn(-c3cccnn3)cc2-c2ccc(N3CCS(=O)(=O)CC3)cc2)CC1. The van der Waals surface area contributed by atoms with Crippen molar-refractivity contribution in [3.63, 3.8) is 0 Å². The van der Waals surface area contributed by atoms with Crippen molar-refractivity contribution in [3.8, 4) is 23.0 Å². The molecule has 39 heavy (non-hydrogen) atoms. The van der Waals surface area contributed by atoms with Gasteiger partial charge in [0.1, 0.15) is 5.54 Å². The first-order chi connectivity index (χ1) is 18.9. The molecule has 202 valence electrons. The zero-order valence-electron chi connectivity index (χ0n) is 21.7. The highest BCUT2D eigenvalue weighted by Gasteiger charge is 2.47. The lowest BCUT2D eigenvalue weighted by Crippen LogP contribution is -2.42. The molecule has 3 aliphatic rings. The molecule has 0 radical (unpaired) electrons. The predicted octanol–water partition coefficient (Wildman–Crippen LogP) is 3.01. The van der Waals surface area contributed by atoms with Gasteiger partial charge in [-0.3, -0.25) is 4.79 Å². The molecule has 1 aliphatic heterocycles. The zero-order valence-corrected chi connectivity index (χ0v) is 22.5. The summed E-state index contributed by atoms with van der Waals surface area (Å²) >= 11 is 0. The molecule has 2 aromatic heterocycles. The second-order valence-electron chi connectivity index (χ2n) is 10.8. The number of anilines is 1. The molecule has 3 fully saturated rings. The van der Waals surface area contributed by atoms with E-state index in [0.717, 1.165) is 48.2 Å². The average molecular weight is 546 g/mol. The first-order valence-corrected chi connectivity index (χ1v) is 15.4. The minimum atomic E-state index is -2.95.